The smallest absolute Gasteiger partial charge is 0.0979 e. The van der Waals surface area contributed by atoms with Crippen LogP contribution in [-0.4, -0.2) is 14.5 Å². The molecule has 2 aromatic heterocycles. The maximum Gasteiger partial charge on any atom is 0.0979 e. The molecule has 0 atom stereocenters. The van der Waals surface area contributed by atoms with E-state index in [9.17, 15) is 0 Å². The molecule has 0 fully saturated rings. The summed E-state index contributed by atoms with van der Waals surface area (Å²) >= 11 is 0. The van der Waals surface area contributed by atoms with Gasteiger partial charge >= 0.3 is 0 Å². The van der Waals surface area contributed by atoms with Crippen molar-refractivity contribution >= 4 is 75.9 Å². The monoisotopic (exact) mass is 875 g/mol. The summed E-state index contributed by atoms with van der Waals surface area (Å²) in [5, 5.41) is 12.2. The highest BCUT2D eigenvalue weighted by Gasteiger charge is 2.22. The number of nitrogens with zero attached hydrogens (tertiary/aromatic N) is 3. The molecule has 0 radical (unpaired) electrons. The molecule has 0 aliphatic heterocycles. The molecule has 0 aliphatic rings. The number of benzene rings is 12. The van der Waals surface area contributed by atoms with Gasteiger partial charge in [-0.05, 0) is 137 Å². The summed E-state index contributed by atoms with van der Waals surface area (Å²) in [5.41, 5.74) is 15.9. The summed E-state index contributed by atoms with van der Waals surface area (Å²) < 4.78 is 2.49. The van der Waals surface area contributed by atoms with Crippen LogP contribution in [0, 0.1) is 0 Å². The highest BCUT2D eigenvalue weighted by molar-refractivity contribution is 6.30. The van der Waals surface area contributed by atoms with Crippen molar-refractivity contribution in [3.63, 3.8) is 0 Å². The van der Waals surface area contributed by atoms with E-state index in [4.69, 9.17) is 9.97 Å². The Bertz CT molecular complexity index is 4300. The Kier molecular flexibility index (Phi) is 8.90. The van der Waals surface area contributed by atoms with Crippen LogP contribution >= 0.6 is 0 Å². The number of fused-ring (bicyclic) bond motifs is 10. The van der Waals surface area contributed by atoms with Crippen molar-refractivity contribution in [2.45, 2.75) is 0 Å². The lowest BCUT2D eigenvalue weighted by molar-refractivity contribution is 1.19. The quantitative estimate of drug-likeness (QED) is 0.167. The average molecular weight is 876 g/mol. The Labute approximate surface area is 398 Å². The van der Waals surface area contributed by atoms with Crippen molar-refractivity contribution in [3.8, 4) is 61.6 Å². The first-order chi connectivity index (χ1) is 34.2. The number of para-hydroxylation sites is 2. The molecule has 2 heterocycles. The van der Waals surface area contributed by atoms with Gasteiger partial charge in [0, 0.05) is 27.6 Å². The summed E-state index contributed by atoms with van der Waals surface area (Å²) in [6, 6.07) is 90.1. The zero-order chi connectivity index (χ0) is 45.4. The van der Waals surface area contributed by atoms with Gasteiger partial charge in [0.1, 0.15) is 0 Å². The lowest BCUT2D eigenvalue weighted by Gasteiger charge is -2.16. The van der Waals surface area contributed by atoms with Crippen LogP contribution in [0.4, 0.5) is 0 Å². The number of hydrogen-bond acceptors (Lipinski definition) is 2. The van der Waals surface area contributed by atoms with Crippen molar-refractivity contribution in [2.24, 2.45) is 0 Å². The second-order valence-corrected chi connectivity index (χ2v) is 18.1. The molecule has 320 valence electrons. The number of aromatic nitrogens is 3. The predicted molar refractivity (Wildman–Crippen MR) is 291 cm³/mol. The second-order valence-electron chi connectivity index (χ2n) is 18.1. The van der Waals surface area contributed by atoms with E-state index in [1.165, 1.54) is 65.3 Å². The number of hydrogen-bond donors (Lipinski definition) is 0. The van der Waals surface area contributed by atoms with Gasteiger partial charge in [0.2, 0.25) is 0 Å². The van der Waals surface area contributed by atoms with E-state index < -0.39 is 0 Å². The van der Waals surface area contributed by atoms with E-state index in [0.29, 0.717) is 0 Å². The SMILES string of the molecule is c1ccc(-c2cc(-c3ccccc3)cc(-c3nc4ccccc4nc3-c3cccc4cc(-n5c6ccc7ccccc7c6c6c7ccccc7c(-c7ccc8ccccc8c7)cc65)ccc34)c2)cc1. The molecule has 0 saturated carbocycles. The van der Waals surface area contributed by atoms with E-state index in [1.807, 2.05) is 12.1 Å². The number of rotatable bonds is 6. The zero-order valence-corrected chi connectivity index (χ0v) is 37.5. The van der Waals surface area contributed by atoms with Crippen LogP contribution in [-0.2, 0) is 0 Å². The second kappa shape index (κ2) is 15.7. The first-order valence-electron chi connectivity index (χ1n) is 23.6. The van der Waals surface area contributed by atoms with Crippen LogP contribution in [0.5, 0.6) is 0 Å². The molecule has 3 heteroatoms. The minimum atomic E-state index is 0.850. The van der Waals surface area contributed by atoms with Gasteiger partial charge in [0.05, 0.1) is 33.5 Å². The molecule has 0 spiro atoms. The third-order valence-corrected chi connectivity index (χ3v) is 14.1. The van der Waals surface area contributed by atoms with Crippen LogP contribution in [0.15, 0.2) is 249 Å². The van der Waals surface area contributed by atoms with Crippen molar-refractivity contribution in [1.29, 1.82) is 0 Å². The summed E-state index contributed by atoms with van der Waals surface area (Å²) in [4.78, 5) is 10.9. The lowest BCUT2D eigenvalue weighted by atomic mass is 9.92. The molecule has 0 bridgehead atoms. The van der Waals surface area contributed by atoms with Gasteiger partial charge < -0.3 is 4.57 Å². The normalized spacial score (nSPS) is 11.8. The molecular formula is C66H41N3. The molecule has 14 aromatic rings. The first-order valence-corrected chi connectivity index (χ1v) is 23.6. The van der Waals surface area contributed by atoms with E-state index in [-0.39, 0.29) is 0 Å². The van der Waals surface area contributed by atoms with Crippen LogP contribution in [0.3, 0.4) is 0 Å². The van der Waals surface area contributed by atoms with Crippen LogP contribution in [0.25, 0.3) is 138 Å². The lowest BCUT2D eigenvalue weighted by Crippen LogP contribution is -1.98. The van der Waals surface area contributed by atoms with Crippen molar-refractivity contribution < 1.29 is 0 Å². The maximum atomic E-state index is 5.48. The Morgan fingerprint density at radius 1 is 0.261 bits per heavy atom. The van der Waals surface area contributed by atoms with Gasteiger partial charge in [-0.25, -0.2) is 9.97 Å². The Morgan fingerprint density at radius 3 is 1.59 bits per heavy atom. The van der Waals surface area contributed by atoms with E-state index >= 15 is 0 Å². The zero-order valence-electron chi connectivity index (χ0n) is 37.5. The highest BCUT2D eigenvalue weighted by atomic mass is 15.0. The molecule has 14 rings (SSSR count). The largest absolute Gasteiger partial charge is 0.309 e. The topological polar surface area (TPSA) is 30.7 Å². The van der Waals surface area contributed by atoms with Gasteiger partial charge in [-0.15, -0.1) is 0 Å². The molecule has 3 nitrogen and oxygen atoms in total. The van der Waals surface area contributed by atoms with Crippen LogP contribution < -0.4 is 0 Å². The molecule has 0 unspecified atom stereocenters. The summed E-state index contributed by atoms with van der Waals surface area (Å²) in [6.07, 6.45) is 0. The summed E-state index contributed by atoms with van der Waals surface area (Å²) in [7, 11) is 0. The van der Waals surface area contributed by atoms with Crippen LogP contribution in [0.2, 0.25) is 0 Å². The standard InChI is InChI=1S/C66H41N3/c1-3-16-42(17-4-1)49-37-50(43-18-5-2-6-19-43)39-51(38-49)65-66(68-60-29-14-13-28-59(60)67-65)57-27-15-23-47-40-52(33-34-53(47)57)69-61-35-32-45-21-9-10-24-54(45)63(61)64-56-26-12-11-25-55(56)58(41-62(64)69)48-31-30-44-20-7-8-22-46(44)36-48/h1-41H. The van der Waals surface area contributed by atoms with Gasteiger partial charge in [-0.2, -0.15) is 0 Å². The molecule has 0 amide bonds. The third-order valence-electron chi connectivity index (χ3n) is 14.1. The van der Waals surface area contributed by atoms with E-state index in [2.05, 4.69) is 241 Å². The average Bonchev–Trinajstić information content (AvgIpc) is 3.77. The summed E-state index contributed by atoms with van der Waals surface area (Å²) in [5.74, 6) is 0. The minimum absolute atomic E-state index is 0.850. The Hall–Kier alpha value is -9.18. The van der Waals surface area contributed by atoms with Crippen LogP contribution in [0.1, 0.15) is 0 Å². The van der Waals surface area contributed by atoms with Crippen molar-refractivity contribution in [2.75, 3.05) is 0 Å². The van der Waals surface area contributed by atoms with Gasteiger partial charge in [-0.3, -0.25) is 0 Å². The van der Waals surface area contributed by atoms with Crippen molar-refractivity contribution in [3.05, 3.63) is 249 Å². The Balaban J connectivity index is 1.01. The minimum Gasteiger partial charge on any atom is -0.309 e. The predicted octanol–water partition coefficient (Wildman–Crippen LogP) is 17.7. The fourth-order valence-corrected chi connectivity index (χ4v) is 10.9. The third kappa shape index (κ3) is 6.43. The van der Waals surface area contributed by atoms with Gasteiger partial charge in [0.25, 0.3) is 0 Å². The molecule has 0 N–H and O–H groups in total. The first kappa shape index (κ1) is 39.0. The van der Waals surface area contributed by atoms with Crippen molar-refractivity contribution in [1.82, 2.24) is 14.5 Å². The molecular weight excluding hydrogens is 835 g/mol. The fraction of sp³-hybridized carbons (Fsp3) is 0. The molecule has 0 aliphatic carbocycles. The van der Waals surface area contributed by atoms with E-state index in [1.54, 1.807) is 0 Å². The Morgan fingerprint density at radius 2 is 0.841 bits per heavy atom. The van der Waals surface area contributed by atoms with Gasteiger partial charge in [-0.1, -0.05) is 188 Å². The fourth-order valence-electron chi connectivity index (χ4n) is 10.9. The molecule has 0 saturated heterocycles. The summed E-state index contributed by atoms with van der Waals surface area (Å²) in [6.45, 7) is 0. The molecule has 69 heavy (non-hydrogen) atoms. The van der Waals surface area contributed by atoms with Gasteiger partial charge in [0.15, 0.2) is 0 Å². The maximum absolute atomic E-state index is 5.48. The molecule has 12 aromatic carbocycles. The highest BCUT2D eigenvalue weighted by Crippen LogP contribution is 2.45. The van der Waals surface area contributed by atoms with E-state index in [0.717, 1.165) is 72.3 Å².